The summed E-state index contributed by atoms with van der Waals surface area (Å²) in [4.78, 5) is 24.0. The Balaban J connectivity index is 1.16. The summed E-state index contributed by atoms with van der Waals surface area (Å²) in [5, 5.41) is 25.5. The molecule has 6 rings (SSSR count). The van der Waals surface area contributed by atoms with Crippen LogP contribution in [0.1, 0.15) is 44.7 Å². The average molecular weight is 588 g/mol. The lowest BCUT2D eigenvalue weighted by molar-refractivity contribution is 0.0690. The van der Waals surface area contributed by atoms with Crippen LogP contribution in [0.3, 0.4) is 0 Å². The number of carboxylic acid groups (broad SMARTS) is 1. The van der Waals surface area contributed by atoms with Gasteiger partial charge in [-0.15, -0.1) is 11.3 Å². The van der Waals surface area contributed by atoms with Crippen molar-refractivity contribution in [3.05, 3.63) is 94.0 Å². The summed E-state index contributed by atoms with van der Waals surface area (Å²) < 4.78 is 6.83. The molecule has 0 spiro atoms. The highest BCUT2D eigenvalue weighted by Crippen LogP contribution is 2.35. The Morgan fingerprint density at radius 1 is 1.07 bits per heavy atom. The van der Waals surface area contributed by atoms with Crippen LogP contribution >= 0.6 is 22.7 Å². The maximum Gasteiger partial charge on any atom is 0.355 e. The number of rotatable bonds is 10. The number of aromatic nitrogens is 2. The Morgan fingerprint density at radius 3 is 2.71 bits per heavy atom. The smallest absolute Gasteiger partial charge is 0.355 e. The van der Waals surface area contributed by atoms with Crippen LogP contribution in [0.5, 0.6) is 5.75 Å². The zero-order valence-electron chi connectivity index (χ0n) is 22.1. The summed E-state index contributed by atoms with van der Waals surface area (Å²) >= 11 is 2.91. The van der Waals surface area contributed by atoms with Crippen molar-refractivity contribution in [2.75, 3.05) is 29.1 Å². The second kappa shape index (κ2) is 11.7. The van der Waals surface area contributed by atoms with E-state index in [0.717, 1.165) is 38.4 Å². The van der Waals surface area contributed by atoms with Crippen molar-refractivity contribution in [2.45, 2.75) is 32.0 Å². The maximum atomic E-state index is 12.0. The van der Waals surface area contributed by atoms with Crippen LogP contribution in [-0.4, -0.2) is 39.3 Å². The van der Waals surface area contributed by atoms with Crippen LogP contribution in [0.4, 0.5) is 16.0 Å². The molecule has 2 aromatic heterocycles. The van der Waals surface area contributed by atoms with E-state index < -0.39 is 12.2 Å². The second-order valence-corrected chi connectivity index (χ2v) is 11.9. The fourth-order valence-corrected chi connectivity index (χ4v) is 6.96. The summed E-state index contributed by atoms with van der Waals surface area (Å²) in [6, 6.07) is 21.0. The van der Waals surface area contributed by atoms with E-state index in [4.69, 9.17) is 10.5 Å². The van der Waals surface area contributed by atoms with Crippen LogP contribution in [0.15, 0.2) is 66.7 Å². The summed E-state index contributed by atoms with van der Waals surface area (Å²) in [5.41, 5.74) is 10.3. The summed E-state index contributed by atoms with van der Waals surface area (Å²) in [6.07, 6.45) is 1.04. The number of aliphatic hydroxyl groups is 1. The van der Waals surface area contributed by atoms with Gasteiger partial charge in [0.2, 0.25) is 0 Å². The number of fused-ring (bicyclic) bond motifs is 2. The molecule has 1 atom stereocenters. The molecule has 0 amide bonds. The lowest BCUT2D eigenvalue weighted by Gasteiger charge is -2.31. The zero-order valence-corrected chi connectivity index (χ0v) is 23.8. The zero-order chi connectivity index (χ0) is 28.3. The molecular formula is C30H29N5O4S2. The number of nitrogens with one attached hydrogen (secondary N) is 1. The molecule has 1 aliphatic rings. The fraction of sp³-hybridized carbons (Fsp3) is 0.233. The van der Waals surface area contributed by atoms with Gasteiger partial charge in [0.25, 0.3) is 0 Å². The molecule has 1 aliphatic heterocycles. The number of nitrogen functional groups attached to an aromatic ring is 1. The number of nitrogens with zero attached hydrogens (tertiary/aromatic N) is 3. The van der Waals surface area contributed by atoms with Gasteiger partial charge in [0, 0.05) is 29.2 Å². The van der Waals surface area contributed by atoms with E-state index in [1.165, 1.54) is 28.2 Å². The molecule has 3 heterocycles. The van der Waals surface area contributed by atoms with Gasteiger partial charge in [-0.05, 0) is 66.8 Å². The van der Waals surface area contributed by atoms with Crippen molar-refractivity contribution in [1.29, 1.82) is 0 Å². The van der Waals surface area contributed by atoms with Gasteiger partial charge in [-0.1, -0.05) is 41.7 Å². The molecule has 9 nitrogen and oxygen atoms in total. The predicted octanol–water partition coefficient (Wildman–Crippen LogP) is 5.71. The summed E-state index contributed by atoms with van der Waals surface area (Å²) in [5.74, 6) is -0.305. The average Bonchev–Trinajstić information content (AvgIpc) is 3.59. The van der Waals surface area contributed by atoms with Gasteiger partial charge in [0.05, 0.1) is 16.8 Å². The maximum absolute atomic E-state index is 12.0. The van der Waals surface area contributed by atoms with E-state index in [-0.39, 0.29) is 5.69 Å². The van der Waals surface area contributed by atoms with E-state index in [1.54, 1.807) is 12.1 Å². The van der Waals surface area contributed by atoms with Crippen LogP contribution in [0.2, 0.25) is 0 Å². The molecule has 210 valence electrons. The number of hydrogen-bond acceptors (Lipinski definition) is 10. The number of aliphatic hydroxyl groups excluding tert-OH is 1. The number of hydrogen-bond donors (Lipinski definition) is 4. The first-order chi connectivity index (χ1) is 19.9. The summed E-state index contributed by atoms with van der Waals surface area (Å²) in [7, 11) is 0. The minimum absolute atomic E-state index is 0.0918. The monoisotopic (exact) mass is 587 g/mol. The van der Waals surface area contributed by atoms with Crippen molar-refractivity contribution in [3.63, 3.8) is 0 Å². The SMILES string of the molecule is Nc1ccc(OCCCc2sc(N3CCc4cccc(C(O)Nc5nc6ccccc6s5)c4C3)nc2C(=O)O)cc1. The Hall–Kier alpha value is -4.19. The topological polar surface area (TPSA) is 134 Å². The van der Waals surface area contributed by atoms with Gasteiger partial charge in [-0.25, -0.2) is 14.8 Å². The van der Waals surface area contributed by atoms with E-state index in [9.17, 15) is 15.0 Å². The van der Waals surface area contributed by atoms with Gasteiger partial charge < -0.3 is 30.9 Å². The fourth-order valence-electron chi connectivity index (χ4n) is 4.95. The molecule has 0 fully saturated rings. The van der Waals surface area contributed by atoms with Crippen LogP contribution in [0.25, 0.3) is 10.2 Å². The Kier molecular flexibility index (Phi) is 7.73. The number of para-hydroxylation sites is 1. The van der Waals surface area contributed by atoms with Crippen LogP contribution < -0.4 is 20.7 Å². The second-order valence-electron chi connectivity index (χ2n) is 9.78. The number of anilines is 3. The highest BCUT2D eigenvalue weighted by atomic mass is 32.1. The Bertz CT molecular complexity index is 1650. The number of carbonyl (C=O) groups is 1. The Morgan fingerprint density at radius 2 is 1.90 bits per heavy atom. The number of ether oxygens (including phenoxy) is 1. The molecule has 0 bridgehead atoms. The van der Waals surface area contributed by atoms with Gasteiger partial charge in [-0.2, -0.15) is 0 Å². The number of aryl methyl sites for hydroxylation is 1. The quantitative estimate of drug-likeness (QED) is 0.0921. The molecule has 1 unspecified atom stereocenters. The van der Waals surface area contributed by atoms with Gasteiger partial charge in [-0.3, -0.25) is 0 Å². The van der Waals surface area contributed by atoms with E-state index in [2.05, 4.69) is 26.3 Å². The molecule has 11 heteroatoms. The number of nitrogens with two attached hydrogens (primary N) is 1. The van der Waals surface area contributed by atoms with Gasteiger partial charge in [0.15, 0.2) is 22.2 Å². The van der Waals surface area contributed by atoms with Gasteiger partial charge >= 0.3 is 5.97 Å². The molecule has 5 N–H and O–H groups in total. The molecule has 0 saturated heterocycles. The molecule has 41 heavy (non-hydrogen) atoms. The van der Waals surface area contributed by atoms with Gasteiger partial charge in [0.1, 0.15) is 5.75 Å². The van der Waals surface area contributed by atoms with Crippen LogP contribution in [-0.2, 0) is 19.4 Å². The van der Waals surface area contributed by atoms with Crippen molar-refractivity contribution >= 4 is 54.8 Å². The predicted molar refractivity (Wildman–Crippen MR) is 163 cm³/mol. The lowest BCUT2D eigenvalue weighted by Crippen LogP contribution is -2.32. The van der Waals surface area contributed by atoms with Crippen molar-refractivity contribution in [2.24, 2.45) is 0 Å². The summed E-state index contributed by atoms with van der Waals surface area (Å²) in [6.45, 7) is 1.69. The molecule has 0 saturated carbocycles. The first-order valence-corrected chi connectivity index (χ1v) is 14.9. The van der Waals surface area contributed by atoms with E-state index in [0.29, 0.717) is 48.5 Å². The third-order valence-corrected chi connectivity index (χ3v) is 9.16. The molecule has 5 aromatic rings. The first-order valence-electron chi connectivity index (χ1n) is 13.3. The standard InChI is InChI=1S/C30H29N5O4S2/c31-19-10-12-20(13-11-19)39-16-4-9-25-26(28(37)38)33-30(41-25)35-15-14-18-5-3-6-21(22(18)17-35)27(36)34-29-32-23-7-1-2-8-24(23)40-29/h1-3,5-8,10-13,27,36H,4,9,14-17,31H2,(H,32,34)(H,37,38). The number of aromatic carboxylic acids is 1. The highest BCUT2D eigenvalue weighted by molar-refractivity contribution is 7.22. The van der Waals surface area contributed by atoms with Crippen molar-refractivity contribution in [1.82, 2.24) is 9.97 Å². The minimum Gasteiger partial charge on any atom is -0.494 e. The third kappa shape index (κ3) is 5.97. The molecule has 0 aliphatic carbocycles. The number of thiazole rings is 2. The molecule has 3 aromatic carbocycles. The van der Waals surface area contributed by atoms with Crippen molar-refractivity contribution < 1.29 is 19.7 Å². The highest BCUT2D eigenvalue weighted by Gasteiger charge is 2.26. The largest absolute Gasteiger partial charge is 0.494 e. The van der Waals surface area contributed by atoms with Crippen LogP contribution in [0, 0.1) is 0 Å². The third-order valence-electron chi connectivity index (χ3n) is 7.01. The molecular weight excluding hydrogens is 558 g/mol. The van der Waals surface area contributed by atoms with Crippen molar-refractivity contribution in [3.8, 4) is 5.75 Å². The van der Waals surface area contributed by atoms with E-state index >= 15 is 0 Å². The molecule has 0 radical (unpaired) electrons. The Labute approximate surface area is 244 Å². The number of benzene rings is 3. The number of carboxylic acids is 1. The first kappa shape index (κ1) is 27.0. The minimum atomic E-state index is -1.03. The van der Waals surface area contributed by atoms with E-state index in [1.807, 2.05) is 48.5 Å². The lowest BCUT2D eigenvalue weighted by atomic mass is 9.94. The normalized spacial score (nSPS) is 13.6.